The summed E-state index contributed by atoms with van der Waals surface area (Å²) in [6.07, 6.45) is 24.7. The van der Waals surface area contributed by atoms with Gasteiger partial charge in [-0.05, 0) is 125 Å². The van der Waals surface area contributed by atoms with Crippen molar-refractivity contribution in [1.82, 2.24) is 0 Å². The first kappa shape index (κ1) is 35.4. The maximum atomic E-state index is 11.0. The Balaban J connectivity index is 4.16. The molecule has 0 radical (unpaired) electrons. The Bertz CT molecular complexity index is 893. The van der Waals surface area contributed by atoms with E-state index in [2.05, 4.69) is 75.8 Å². The third-order valence-electron chi connectivity index (χ3n) is 6.57. The third-order valence-corrected chi connectivity index (χ3v) is 6.57. The van der Waals surface area contributed by atoms with Gasteiger partial charge in [0.05, 0.1) is 0 Å². The second-order valence-electron chi connectivity index (χ2n) is 10.8. The first-order valence-electron chi connectivity index (χ1n) is 14.3. The number of carbonyl (C=O) groups is 2. The van der Waals surface area contributed by atoms with E-state index in [9.17, 15) is 9.59 Å². The van der Waals surface area contributed by atoms with E-state index in [0.717, 1.165) is 76.2 Å². The lowest BCUT2D eigenvalue weighted by molar-refractivity contribution is -0.116. The molecule has 214 valence electrons. The van der Waals surface area contributed by atoms with E-state index in [4.69, 9.17) is 5.11 Å². The number of carbonyl (C=O) groups excluding carboxylic acids is 1. The lowest BCUT2D eigenvalue weighted by atomic mass is 10.0. The molecule has 0 amide bonds. The second kappa shape index (κ2) is 22.4. The third kappa shape index (κ3) is 23.8. The fraction of sp³-hybridized carbons (Fsp3) is 0.588. The zero-order valence-corrected chi connectivity index (χ0v) is 25.3. The largest absolute Gasteiger partial charge is 0.506 e. The maximum Gasteiger partial charge on any atom is 0.506 e. The minimum atomic E-state index is -1.23. The van der Waals surface area contributed by atoms with Gasteiger partial charge in [0, 0.05) is 6.42 Å². The van der Waals surface area contributed by atoms with Crippen LogP contribution in [0.3, 0.4) is 0 Å². The van der Waals surface area contributed by atoms with Crippen molar-refractivity contribution in [3.63, 3.8) is 0 Å². The van der Waals surface area contributed by atoms with E-state index < -0.39 is 6.16 Å². The normalized spacial score (nSPS) is 14.2. The second-order valence-corrected chi connectivity index (χ2v) is 10.8. The molecular weight excluding hydrogens is 472 g/mol. The van der Waals surface area contributed by atoms with E-state index in [1.165, 1.54) is 27.9 Å². The van der Waals surface area contributed by atoms with Crippen LogP contribution in [0, 0.1) is 0 Å². The quantitative estimate of drug-likeness (QED) is 0.127. The molecule has 38 heavy (non-hydrogen) atoms. The van der Waals surface area contributed by atoms with Crippen LogP contribution in [0.4, 0.5) is 4.79 Å². The molecule has 0 aromatic heterocycles. The van der Waals surface area contributed by atoms with E-state index in [-0.39, 0.29) is 12.4 Å². The monoisotopic (exact) mass is 526 g/mol. The number of Topliss-reactive ketones (excluding diaryl/α,β-unsaturated/α-hetero) is 1. The van der Waals surface area contributed by atoms with Gasteiger partial charge in [-0.1, -0.05) is 64.3 Å². The lowest BCUT2D eigenvalue weighted by Crippen LogP contribution is -2.02. The van der Waals surface area contributed by atoms with Crippen LogP contribution in [0.15, 0.2) is 69.9 Å². The summed E-state index contributed by atoms with van der Waals surface area (Å²) >= 11 is 0. The van der Waals surface area contributed by atoms with Gasteiger partial charge in [-0.25, -0.2) is 4.79 Å². The van der Waals surface area contributed by atoms with Crippen LogP contribution in [-0.2, 0) is 9.53 Å². The maximum absolute atomic E-state index is 11.0. The van der Waals surface area contributed by atoms with Crippen molar-refractivity contribution in [2.75, 3.05) is 6.61 Å². The summed E-state index contributed by atoms with van der Waals surface area (Å²) in [6, 6.07) is 0. The molecule has 4 nitrogen and oxygen atoms in total. The Labute approximate surface area is 233 Å². The van der Waals surface area contributed by atoms with Crippen LogP contribution < -0.4 is 0 Å². The molecule has 0 aliphatic rings. The molecule has 0 saturated heterocycles. The molecule has 0 aliphatic heterocycles. The van der Waals surface area contributed by atoms with Crippen LogP contribution in [-0.4, -0.2) is 23.7 Å². The van der Waals surface area contributed by atoms with Crippen molar-refractivity contribution >= 4 is 11.9 Å². The van der Waals surface area contributed by atoms with Gasteiger partial charge in [0.1, 0.15) is 12.4 Å². The Hall–Kier alpha value is -2.62. The SMILES string of the molecule is CC(=O)CCC=C(C)CCC=C(C)CCC=C(C)CCC=C(C)CCC=C(C)CCC=C(C)COC(=O)O. The number of carboxylic acid groups (broad SMARTS) is 1. The summed E-state index contributed by atoms with van der Waals surface area (Å²) in [5.74, 6) is 0.263. The summed E-state index contributed by atoms with van der Waals surface area (Å²) in [4.78, 5) is 21.5. The molecule has 1 N–H and O–H groups in total. The summed E-state index contributed by atoms with van der Waals surface area (Å²) in [6.45, 7) is 14.7. The molecule has 0 bridgehead atoms. The molecule has 0 heterocycles. The molecule has 0 unspecified atom stereocenters. The average Bonchev–Trinajstić information content (AvgIpc) is 2.82. The minimum absolute atomic E-state index is 0.149. The highest BCUT2D eigenvalue weighted by atomic mass is 16.7. The highest BCUT2D eigenvalue weighted by molar-refractivity contribution is 5.75. The molecule has 0 spiro atoms. The highest BCUT2D eigenvalue weighted by Crippen LogP contribution is 2.16. The van der Waals surface area contributed by atoms with E-state index in [1.807, 2.05) is 6.92 Å². The molecule has 0 aromatic carbocycles. The standard InChI is InChI=1S/C34H54O4/c1-27(15-9-17-29(3)19-11-21-31(5)23-13-25-33(7)35)14-8-16-28(2)18-10-20-30(4)22-12-24-32(6)26-38-34(36)37/h15-16,19-20,23-24H,8-14,17-18,21-22,25-26H2,1-7H3,(H,36,37). The van der Waals surface area contributed by atoms with Crippen molar-refractivity contribution in [3.8, 4) is 0 Å². The van der Waals surface area contributed by atoms with Crippen LogP contribution >= 0.6 is 0 Å². The van der Waals surface area contributed by atoms with Crippen molar-refractivity contribution in [1.29, 1.82) is 0 Å². The molecule has 0 rings (SSSR count). The lowest BCUT2D eigenvalue weighted by Gasteiger charge is -2.04. The molecular formula is C34H54O4. The Kier molecular flexibility index (Phi) is 20.8. The first-order chi connectivity index (χ1) is 18.0. The van der Waals surface area contributed by atoms with Gasteiger partial charge >= 0.3 is 6.16 Å². The Morgan fingerprint density at radius 3 is 1.00 bits per heavy atom. The number of ether oxygens (including phenoxy) is 1. The van der Waals surface area contributed by atoms with Gasteiger partial charge in [-0.15, -0.1) is 0 Å². The minimum Gasteiger partial charge on any atom is -0.450 e. The summed E-state index contributed by atoms with van der Waals surface area (Å²) in [5, 5.41) is 8.54. The molecule has 4 heteroatoms. The first-order valence-corrected chi connectivity index (χ1v) is 14.3. The fourth-order valence-corrected chi connectivity index (χ4v) is 4.00. The van der Waals surface area contributed by atoms with E-state index in [1.54, 1.807) is 6.92 Å². The number of hydrogen-bond donors (Lipinski definition) is 1. The number of ketones is 1. The van der Waals surface area contributed by atoms with Gasteiger partial charge in [-0.2, -0.15) is 0 Å². The van der Waals surface area contributed by atoms with E-state index >= 15 is 0 Å². The number of hydrogen-bond acceptors (Lipinski definition) is 3. The van der Waals surface area contributed by atoms with Gasteiger partial charge in [0.25, 0.3) is 0 Å². The molecule has 0 saturated carbocycles. The van der Waals surface area contributed by atoms with Crippen LogP contribution in [0.1, 0.15) is 126 Å². The predicted octanol–water partition coefficient (Wildman–Crippen LogP) is 10.6. The zero-order chi connectivity index (χ0) is 28.8. The van der Waals surface area contributed by atoms with E-state index in [0.29, 0.717) is 6.42 Å². The highest BCUT2D eigenvalue weighted by Gasteiger charge is 1.98. The van der Waals surface area contributed by atoms with Crippen molar-refractivity contribution in [2.24, 2.45) is 0 Å². The van der Waals surface area contributed by atoms with Crippen LogP contribution in [0.5, 0.6) is 0 Å². The van der Waals surface area contributed by atoms with Gasteiger partial charge in [-0.3, -0.25) is 0 Å². The van der Waals surface area contributed by atoms with Gasteiger partial charge in [0.2, 0.25) is 0 Å². The fourth-order valence-electron chi connectivity index (χ4n) is 4.00. The molecule has 0 aromatic rings. The topological polar surface area (TPSA) is 63.6 Å². The Morgan fingerprint density at radius 2 is 0.737 bits per heavy atom. The number of rotatable bonds is 20. The molecule has 0 atom stereocenters. The Morgan fingerprint density at radius 1 is 0.474 bits per heavy atom. The van der Waals surface area contributed by atoms with Crippen LogP contribution in [0.2, 0.25) is 0 Å². The van der Waals surface area contributed by atoms with Crippen molar-refractivity contribution in [3.05, 3.63) is 69.9 Å². The molecule has 0 fully saturated rings. The summed E-state index contributed by atoms with van der Waals surface area (Å²) in [5.41, 5.74) is 8.09. The average molecular weight is 527 g/mol. The van der Waals surface area contributed by atoms with Crippen molar-refractivity contribution < 1.29 is 19.4 Å². The smallest absolute Gasteiger partial charge is 0.450 e. The molecule has 0 aliphatic carbocycles. The summed E-state index contributed by atoms with van der Waals surface area (Å²) in [7, 11) is 0. The predicted molar refractivity (Wildman–Crippen MR) is 163 cm³/mol. The summed E-state index contributed by atoms with van der Waals surface area (Å²) < 4.78 is 4.57. The van der Waals surface area contributed by atoms with Gasteiger partial charge in [0.15, 0.2) is 0 Å². The number of allylic oxidation sites excluding steroid dienone is 11. The van der Waals surface area contributed by atoms with Crippen LogP contribution in [0.25, 0.3) is 0 Å². The zero-order valence-electron chi connectivity index (χ0n) is 25.3. The van der Waals surface area contributed by atoms with Crippen molar-refractivity contribution in [2.45, 2.75) is 126 Å². The van der Waals surface area contributed by atoms with Gasteiger partial charge < -0.3 is 14.6 Å².